The number of nitrogens with zero attached hydrogens (tertiary/aromatic N) is 1. The molecule has 0 unspecified atom stereocenters. The topological polar surface area (TPSA) is 69.6 Å². The summed E-state index contributed by atoms with van der Waals surface area (Å²) in [4.78, 5) is 28.5. The molecule has 2 atom stereocenters. The highest BCUT2D eigenvalue weighted by Gasteiger charge is 2.39. The molecular formula is C24H23BrN2O3S. The fourth-order valence-electron chi connectivity index (χ4n) is 3.82. The third-order valence-corrected chi connectivity index (χ3v) is 7.02. The van der Waals surface area contributed by atoms with Gasteiger partial charge in [0.2, 0.25) is 5.91 Å². The molecule has 1 fully saturated rings. The molecule has 1 aliphatic heterocycles. The maximum Gasteiger partial charge on any atom is 0.254 e. The lowest BCUT2D eigenvalue weighted by molar-refractivity contribution is -0.125. The van der Waals surface area contributed by atoms with E-state index in [9.17, 15) is 14.7 Å². The van der Waals surface area contributed by atoms with Crippen LogP contribution in [0.2, 0.25) is 0 Å². The number of rotatable bonds is 5. The molecule has 1 aliphatic rings. The predicted molar refractivity (Wildman–Crippen MR) is 126 cm³/mol. The van der Waals surface area contributed by atoms with Gasteiger partial charge in [0.25, 0.3) is 5.91 Å². The van der Waals surface area contributed by atoms with E-state index in [2.05, 4.69) is 51.7 Å². The summed E-state index contributed by atoms with van der Waals surface area (Å²) >= 11 is 5.08. The number of benzene rings is 2. The number of thiophene rings is 1. The molecule has 0 radical (unpaired) electrons. The van der Waals surface area contributed by atoms with E-state index in [1.807, 2.05) is 18.2 Å². The van der Waals surface area contributed by atoms with E-state index in [0.29, 0.717) is 12.1 Å². The minimum Gasteiger partial charge on any atom is -0.391 e. The van der Waals surface area contributed by atoms with Crippen molar-refractivity contribution in [2.24, 2.45) is 0 Å². The van der Waals surface area contributed by atoms with Crippen LogP contribution in [0.5, 0.6) is 0 Å². The van der Waals surface area contributed by atoms with Crippen molar-refractivity contribution in [1.29, 1.82) is 0 Å². The Labute approximate surface area is 193 Å². The molecule has 2 N–H and O–H groups in total. The molecule has 4 rings (SSSR count). The van der Waals surface area contributed by atoms with Crippen LogP contribution in [0.25, 0.3) is 10.4 Å². The Morgan fingerprint density at radius 2 is 1.97 bits per heavy atom. The van der Waals surface area contributed by atoms with Crippen LogP contribution in [-0.4, -0.2) is 40.5 Å². The Balaban J connectivity index is 1.41. The first-order valence-corrected chi connectivity index (χ1v) is 11.8. The van der Waals surface area contributed by atoms with Crippen molar-refractivity contribution in [2.75, 3.05) is 6.54 Å². The van der Waals surface area contributed by atoms with Crippen molar-refractivity contribution in [3.05, 3.63) is 81.1 Å². The lowest BCUT2D eigenvalue weighted by Crippen LogP contribution is -2.45. The Kier molecular flexibility index (Phi) is 6.55. The molecule has 31 heavy (non-hydrogen) atoms. The van der Waals surface area contributed by atoms with Crippen molar-refractivity contribution in [2.45, 2.75) is 32.0 Å². The van der Waals surface area contributed by atoms with E-state index >= 15 is 0 Å². The van der Waals surface area contributed by atoms with Crippen LogP contribution in [-0.2, 0) is 11.3 Å². The number of hydrogen-bond acceptors (Lipinski definition) is 4. The fraction of sp³-hybridized carbons (Fsp3) is 0.250. The molecule has 2 amide bonds. The molecule has 0 saturated carbocycles. The Morgan fingerprint density at radius 3 is 2.65 bits per heavy atom. The fourth-order valence-corrected chi connectivity index (χ4v) is 5.16. The summed E-state index contributed by atoms with van der Waals surface area (Å²) in [7, 11) is 0. The molecule has 2 heterocycles. The highest BCUT2D eigenvalue weighted by molar-refractivity contribution is 9.10. The summed E-state index contributed by atoms with van der Waals surface area (Å²) in [6, 6.07) is 16.6. The quantitative estimate of drug-likeness (QED) is 0.548. The summed E-state index contributed by atoms with van der Waals surface area (Å²) in [5.74, 6) is -0.508. The lowest BCUT2D eigenvalue weighted by atomic mass is 10.1. The van der Waals surface area contributed by atoms with Gasteiger partial charge < -0.3 is 15.3 Å². The smallest absolute Gasteiger partial charge is 0.254 e. The minimum atomic E-state index is -0.708. The van der Waals surface area contributed by atoms with Crippen LogP contribution in [0.1, 0.15) is 27.9 Å². The number of carbonyl (C=O) groups is 2. The molecule has 0 spiro atoms. The van der Waals surface area contributed by atoms with E-state index in [-0.39, 0.29) is 24.8 Å². The number of likely N-dealkylation sites (tertiary alicyclic amines) is 1. The first-order chi connectivity index (χ1) is 14.9. The van der Waals surface area contributed by atoms with Crippen LogP contribution in [0.3, 0.4) is 0 Å². The number of carbonyl (C=O) groups excluding carboxylic acids is 2. The second-order valence-electron chi connectivity index (χ2n) is 7.72. The molecule has 7 heteroatoms. The zero-order valence-electron chi connectivity index (χ0n) is 17.0. The Bertz CT molecular complexity index is 1100. The summed E-state index contributed by atoms with van der Waals surface area (Å²) < 4.78 is 0.792. The van der Waals surface area contributed by atoms with Gasteiger partial charge in [-0.25, -0.2) is 0 Å². The number of aliphatic hydroxyl groups is 1. The Morgan fingerprint density at radius 1 is 1.19 bits per heavy atom. The third-order valence-electron chi connectivity index (χ3n) is 5.46. The van der Waals surface area contributed by atoms with Gasteiger partial charge in [-0.2, -0.15) is 0 Å². The number of hydrogen-bond donors (Lipinski definition) is 2. The number of halogens is 1. The van der Waals surface area contributed by atoms with Gasteiger partial charge >= 0.3 is 0 Å². The zero-order chi connectivity index (χ0) is 22.0. The van der Waals surface area contributed by atoms with Gasteiger partial charge in [0.05, 0.1) is 6.10 Å². The van der Waals surface area contributed by atoms with Crippen molar-refractivity contribution >= 4 is 39.1 Å². The monoisotopic (exact) mass is 498 g/mol. The Hall–Kier alpha value is -2.48. The maximum absolute atomic E-state index is 12.9. The number of β-amino-alcohol motifs (C(OH)–C–C–N with tert-alkyl or cyclic N) is 1. The maximum atomic E-state index is 12.9. The molecule has 1 saturated heterocycles. The average molecular weight is 499 g/mol. The summed E-state index contributed by atoms with van der Waals surface area (Å²) in [6.45, 7) is 2.61. The van der Waals surface area contributed by atoms with Crippen molar-refractivity contribution < 1.29 is 14.7 Å². The van der Waals surface area contributed by atoms with Gasteiger partial charge in [-0.3, -0.25) is 9.59 Å². The van der Waals surface area contributed by atoms with Gasteiger partial charge in [0, 0.05) is 34.4 Å². The first-order valence-electron chi connectivity index (χ1n) is 10.1. The predicted octanol–water partition coefficient (Wildman–Crippen LogP) is 4.38. The van der Waals surface area contributed by atoms with E-state index in [0.717, 1.165) is 15.6 Å². The number of amides is 2. The first kappa shape index (κ1) is 21.7. The molecule has 160 valence electrons. The van der Waals surface area contributed by atoms with Crippen LogP contribution < -0.4 is 5.32 Å². The van der Waals surface area contributed by atoms with Crippen LogP contribution in [0.4, 0.5) is 0 Å². The second-order valence-corrected chi connectivity index (χ2v) is 9.55. The zero-order valence-corrected chi connectivity index (χ0v) is 19.4. The molecule has 3 aromatic rings. The van der Waals surface area contributed by atoms with Crippen molar-refractivity contribution in [3.8, 4) is 10.4 Å². The second kappa shape index (κ2) is 9.34. The molecule has 1 aromatic heterocycles. The van der Waals surface area contributed by atoms with Gasteiger partial charge in [0.1, 0.15) is 6.04 Å². The van der Waals surface area contributed by atoms with Gasteiger partial charge in [0.15, 0.2) is 0 Å². The molecule has 0 bridgehead atoms. The summed E-state index contributed by atoms with van der Waals surface area (Å²) in [6.07, 6.45) is -0.470. The van der Waals surface area contributed by atoms with Crippen LogP contribution >= 0.6 is 27.3 Å². The van der Waals surface area contributed by atoms with E-state index < -0.39 is 12.1 Å². The average Bonchev–Trinajstić information content (AvgIpc) is 3.37. The molecule has 5 nitrogen and oxygen atoms in total. The number of aliphatic hydroxyl groups excluding tert-OH is 1. The number of nitrogens with one attached hydrogen (secondary N) is 1. The van der Waals surface area contributed by atoms with E-state index in [4.69, 9.17) is 0 Å². The SMILES string of the molecule is Cc1ccsc1-c1ccc(CNC(=O)[C@@H]2C[C@@H](O)CN2C(=O)c2cccc(Br)c2)cc1. The van der Waals surface area contributed by atoms with Crippen LogP contribution in [0.15, 0.2) is 64.5 Å². The van der Waals surface area contributed by atoms with Gasteiger partial charge in [-0.15, -0.1) is 11.3 Å². The standard InChI is InChI=1S/C24H23BrN2O3S/c1-15-9-10-31-22(15)17-7-5-16(6-8-17)13-26-23(29)21-12-20(28)14-27(21)24(30)18-3-2-4-19(25)11-18/h2-11,20-21,28H,12-14H2,1H3,(H,26,29)/t20-,21+/m1/s1. The van der Waals surface area contributed by atoms with E-state index in [1.165, 1.54) is 15.3 Å². The molecule has 0 aliphatic carbocycles. The van der Waals surface area contributed by atoms with Crippen molar-refractivity contribution in [3.63, 3.8) is 0 Å². The van der Waals surface area contributed by atoms with E-state index in [1.54, 1.807) is 29.5 Å². The van der Waals surface area contributed by atoms with Gasteiger partial charge in [-0.1, -0.05) is 46.3 Å². The number of aryl methyl sites for hydroxylation is 1. The van der Waals surface area contributed by atoms with Crippen molar-refractivity contribution in [1.82, 2.24) is 10.2 Å². The molecular weight excluding hydrogens is 476 g/mol. The largest absolute Gasteiger partial charge is 0.391 e. The lowest BCUT2D eigenvalue weighted by Gasteiger charge is -2.24. The normalized spacial score (nSPS) is 18.2. The third kappa shape index (κ3) is 4.89. The summed E-state index contributed by atoms with van der Waals surface area (Å²) in [5, 5.41) is 15.1. The summed E-state index contributed by atoms with van der Waals surface area (Å²) in [5.41, 5.74) is 3.88. The minimum absolute atomic E-state index is 0.151. The highest BCUT2D eigenvalue weighted by Crippen LogP contribution is 2.29. The van der Waals surface area contributed by atoms with Crippen LogP contribution in [0, 0.1) is 6.92 Å². The highest BCUT2D eigenvalue weighted by atomic mass is 79.9. The molecule has 2 aromatic carbocycles. The van der Waals surface area contributed by atoms with Gasteiger partial charge in [-0.05, 0) is 53.3 Å².